The van der Waals surface area contributed by atoms with E-state index in [4.69, 9.17) is 0 Å². The van der Waals surface area contributed by atoms with Gasteiger partial charge in [-0.2, -0.15) is 0 Å². The van der Waals surface area contributed by atoms with Crippen LogP contribution in [0.2, 0.25) is 0 Å². The van der Waals surface area contributed by atoms with E-state index in [2.05, 4.69) is 39.3 Å². The first-order chi connectivity index (χ1) is 7.43. The molecule has 0 bridgehead atoms. The minimum absolute atomic E-state index is 0.298. The van der Waals surface area contributed by atoms with Gasteiger partial charge in [-0.25, -0.2) is 9.59 Å². The average Bonchev–Trinajstić information content (AvgIpc) is 2.15. The molecule has 0 rings (SSSR count). The smallest absolute Gasteiger partial charge is 0.330 e. The van der Waals surface area contributed by atoms with Crippen LogP contribution in [0.3, 0.4) is 0 Å². The van der Waals surface area contributed by atoms with Crippen LogP contribution in [0.5, 0.6) is 0 Å². The van der Waals surface area contributed by atoms with Crippen molar-refractivity contribution in [3.63, 3.8) is 0 Å². The van der Waals surface area contributed by atoms with Crippen LogP contribution < -0.4 is 0 Å². The van der Waals surface area contributed by atoms with Crippen molar-refractivity contribution >= 4 is 27.9 Å². The quantitative estimate of drug-likeness (QED) is 0.454. The summed E-state index contributed by atoms with van der Waals surface area (Å²) in [6, 6.07) is 0. The molecule has 0 saturated heterocycles. The molecule has 0 N–H and O–H groups in total. The normalized spacial score (nSPS) is 9.62. The molecule has 0 aromatic rings. The van der Waals surface area contributed by atoms with Crippen LogP contribution in [-0.4, -0.2) is 30.0 Å². The van der Waals surface area contributed by atoms with Gasteiger partial charge in [-0.3, -0.25) is 0 Å². The summed E-state index contributed by atoms with van der Waals surface area (Å²) in [7, 11) is 0. The molecule has 0 aliphatic heterocycles. The van der Waals surface area contributed by atoms with E-state index < -0.39 is 11.9 Å². The van der Waals surface area contributed by atoms with E-state index in [1.165, 1.54) is 0 Å². The van der Waals surface area contributed by atoms with Crippen molar-refractivity contribution in [2.24, 2.45) is 0 Å². The Hall–Kier alpha value is -0.840. The van der Waals surface area contributed by atoms with Crippen LogP contribution in [-0.2, 0) is 19.1 Å². The zero-order valence-corrected chi connectivity index (χ0v) is 11.7. The third-order valence-electron chi connectivity index (χ3n) is 0.929. The molecular weight excluding hydrogens is 276 g/mol. The Balaban J connectivity index is 0. The zero-order chi connectivity index (χ0) is 13.0. The Morgan fingerprint density at radius 2 is 1.31 bits per heavy atom. The molecule has 0 radical (unpaired) electrons. The maximum absolute atomic E-state index is 10.6. The first-order valence-electron chi connectivity index (χ1n) is 5.09. The molecule has 0 amide bonds. The molecular formula is C11H19BrO4. The highest BCUT2D eigenvalue weighted by molar-refractivity contribution is 9.09. The molecule has 0 aliphatic carbocycles. The van der Waals surface area contributed by atoms with Crippen LogP contribution in [0, 0.1) is 0 Å². The van der Waals surface area contributed by atoms with Crippen molar-refractivity contribution in [1.29, 1.82) is 0 Å². The van der Waals surface area contributed by atoms with Gasteiger partial charge >= 0.3 is 11.9 Å². The van der Waals surface area contributed by atoms with Gasteiger partial charge in [0.25, 0.3) is 0 Å². The molecule has 0 heterocycles. The maximum atomic E-state index is 10.6. The molecule has 0 fully saturated rings. The Kier molecular flexibility index (Phi) is 13.4. The fourth-order valence-electron chi connectivity index (χ4n) is 0.517. The number of carbonyl (C=O) groups excluding carboxylic acids is 2. The van der Waals surface area contributed by atoms with Crippen molar-refractivity contribution < 1.29 is 19.1 Å². The minimum Gasteiger partial charge on any atom is -0.463 e. The fourth-order valence-corrected chi connectivity index (χ4v) is 0.517. The van der Waals surface area contributed by atoms with Gasteiger partial charge in [-0.05, 0) is 13.8 Å². The molecule has 94 valence electrons. The predicted molar refractivity (Wildman–Crippen MR) is 66.5 cm³/mol. The second kappa shape index (κ2) is 12.2. The molecule has 0 aliphatic rings. The van der Waals surface area contributed by atoms with Crippen molar-refractivity contribution in [2.75, 3.05) is 13.2 Å². The second-order valence-electron chi connectivity index (χ2n) is 2.85. The van der Waals surface area contributed by atoms with Gasteiger partial charge in [0.1, 0.15) is 0 Å². The van der Waals surface area contributed by atoms with E-state index in [9.17, 15) is 9.59 Å². The largest absolute Gasteiger partial charge is 0.463 e. The maximum Gasteiger partial charge on any atom is 0.330 e. The van der Waals surface area contributed by atoms with Gasteiger partial charge in [-0.15, -0.1) is 0 Å². The number of ether oxygens (including phenoxy) is 2. The van der Waals surface area contributed by atoms with Crippen molar-refractivity contribution in [3.8, 4) is 0 Å². The molecule has 5 heteroatoms. The third-order valence-corrected chi connectivity index (χ3v) is 0.929. The van der Waals surface area contributed by atoms with Gasteiger partial charge in [0.2, 0.25) is 0 Å². The number of esters is 2. The first kappa shape index (κ1) is 17.6. The number of hydrogen-bond acceptors (Lipinski definition) is 4. The van der Waals surface area contributed by atoms with E-state index in [0.717, 1.165) is 12.2 Å². The summed E-state index contributed by atoms with van der Waals surface area (Å²) in [6.45, 7) is 8.14. The molecule has 0 aromatic heterocycles. The van der Waals surface area contributed by atoms with E-state index in [0.29, 0.717) is 18.0 Å². The number of hydrogen-bond donors (Lipinski definition) is 0. The summed E-state index contributed by atoms with van der Waals surface area (Å²) in [5.41, 5.74) is 0. The van der Waals surface area contributed by atoms with Crippen molar-refractivity contribution in [2.45, 2.75) is 32.5 Å². The number of alkyl halides is 1. The Morgan fingerprint density at radius 1 is 1.06 bits per heavy atom. The topological polar surface area (TPSA) is 52.6 Å². The van der Waals surface area contributed by atoms with Gasteiger partial charge in [0.15, 0.2) is 0 Å². The van der Waals surface area contributed by atoms with Crippen molar-refractivity contribution in [3.05, 3.63) is 12.2 Å². The van der Waals surface area contributed by atoms with E-state index in [1.54, 1.807) is 13.8 Å². The Labute approximate surface area is 105 Å². The monoisotopic (exact) mass is 294 g/mol. The highest BCUT2D eigenvalue weighted by atomic mass is 79.9. The van der Waals surface area contributed by atoms with Gasteiger partial charge in [0, 0.05) is 17.0 Å². The highest BCUT2D eigenvalue weighted by Crippen LogP contribution is 1.89. The van der Waals surface area contributed by atoms with Gasteiger partial charge < -0.3 is 9.47 Å². The summed E-state index contributed by atoms with van der Waals surface area (Å²) in [5, 5.41) is 0. The van der Waals surface area contributed by atoms with E-state index in [1.807, 2.05) is 0 Å². The Bertz CT molecular complexity index is 201. The number of rotatable bonds is 4. The molecule has 0 saturated carbocycles. The van der Waals surface area contributed by atoms with Crippen molar-refractivity contribution in [1.82, 2.24) is 0 Å². The summed E-state index contributed by atoms with van der Waals surface area (Å²) in [5.74, 6) is -1.07. The molecule has 4 nitrogen and oxygen atoms in total. The summed E-state index contributed by atoms with van der Waals surface area (Å²) in [4.78, 5) is 21.9. The van der Waals surface area contributed by atoms with Gasteiger partial charge in [0.05, 0.1) is 13.2 Å². The van der Waals surface area contributed by atoms with Crippen LogP contribution in [0.15, 0.2) is 12.2 Å². The molecule has 0 unspecified atom stereocenters. The lowest BCUT2D eigenvalue weighted by Gasteiger charge is -1.95. The fraction of sp³-hybridized carbons (Fsp3) is 0.636. The lowest BCUT2D eigenvalue weighted by Crippen LogP contribution is -2.03. The summed E-state index contributed by atoms with van der Waals surface area (Å²) >= 11 is 3.27. The predicted octanol–water partition coefficient (Wildman–Crippen LogP) is 2.46. The van der Waals surface area contributed by atoms with Crippen LogP contribution >= 0.6 is 15.9 Å². The highest BCUT2D eigenvalue weighted by Gasteiger charge is 1.97. The molecule has 16 heavy (non-hydrogen) atoms. The SMILES string of the molecule is CC(C)Br.CCOC(=O)C=CC(=O)OCC. The lowest BCUT2D eigenvalue weighted by molar-refractivity contribution is -0.140. The summed E-state index contributed by atoms with van der Waals surface area (Å²) in [6.07, 6.45) is 2.09. The third kappa shape index (κ3) is 18.9. The first-order valence-corrected chi connectivity index (χ1v) is 6.01. The summed E-state index contributed by atoms with van der Waals surface area (Å²) < 4.78 is 9.07. The molecule has 0 spiro atoms. The minimum atomic E-state index is -0.537. The van der Waals surface area contributed by atoms with Gasteiger partial charge in [-0.1, -0.05) is 29.8 Å². The second-order valence-corrected chi connectivity index (χ2v) is 4.68. The zero-order valence-electron chi connectivity index (χ0n) is 10.2. The Morgan fingerprint density at radius 3 is 1.50 bits per heavy atom. The lowest BCUT2D eigenvalue weighted by atomic mass is 10.5. The molecule has 0 atom stereocenters. The van der Waals surface area contributed by atoms with Crippen LogP contribution in [0.25, 0.3) is 0 Å². The standard InChI is InChI=1S/C8H12O4.C3H7Br/c1-3-11-7(9)5-6-8(10)12-4-2;1-3(2)4/h5-6H,3-4H2,1-2H3;3H,1-2H3. The molecule has 0 aromatic carbocycles. The number of carbonyl (C=O) groups is 2. The van der Waals surface area contributed by atoms with E-state index in [-0.39, 0.29) is 0 Å². The van der Waals surface area contributed by atoms with E-state index >= 15 is 0 Å². The average molecular weight is 295 g/mol. The van der Waals surface area contributed by atoms with Crippen LogP contribution in [0.1, 0.15) is 27.7 Å². The number of halogens is 1. The van der Waals surface area contributed by atoms with Crippen LogP contribution in [0.4, 0.5) is 0 Å².